The van der Waals surface area contributed by atoms with Crippen LogP contribution in [0, 0.1) is 5.41 Å². The molecule has 2 aromatic carbocycles. The van der Waals surface area contributed by atoms with Gasteiger partial charge in [0.1, 0.15) is 0 Å². The van der Waals surface area contributed by atoms with Crippen LogP contribution in [0.5, 0.6) is 0 Å². The lowest BCUT2D eigenvalue weighted by molar-refractivity contribution is -0.130. The van der Waals surface area contributed by atoms with E-state index in [-0.39, 0.29) is 29.8 Å². The summed E-state index contributed by atoms with van der Waals surface area (Å²) in [5.74, 6) is -0.209. The van der Waals surface area contributed by atoms with Crippen LogP contribution in [0.4, 0.5) is 11.4 Å². The largest absolute Gasteiger partial charge is 0.381 e. The van der Waals surface area contributed by atoms with Crippen LogP contribution in [0.2, 0.25) is 0 Å². The quantitative estimate of drug-likeness (QED) is 0.658. The molecule has 0 aliphatic carbocycles. The first-order chi connectivity index (χ1) is 13.0. The highest BCUT2D eigenvalue weighted by atomic mass is 35.5. The third-order valence-corrected chi connectivity index (χ3v) is 6.13. The van der Waals surface area contributed by atoms with Gasteiger partial charge in [-0.1, -0.05) is 24.3 Å². The number of nitrogens with one attached hydrogen (secondary N) is 2. The van der Waals surface area contributed by atoms with E-state index in [1.165, 1.54) is 12.1 Å². The van der Waals surface area contributed by atoms with Gasteiger partial charge in [-0.15, -0.1) is 12.4 Å². The van der Waals surface area contributed by atoms with Gasteiger partial charge in [-0.3, -0.25) is 9.52 Å². The number of sulfonamides is 1. The number of benzene rings is 2. The molecule has 0 unspecified atom stereocenters. The Morgan fingerprint density at radius 3 is 2.32 bits per heavy atom. The van der Waals surface area contributed by atoms with E-state index in [9.17, 15) is 13.2 Å². The molecule has 2 aromatic rings. The van der Waals surface area contributed by atoms with Crippen molar-refractivity contribution in [3.05, 3.63) is 54.6 Å². The van der Waals surface area contributed by atoms with Crippen LogP contribution in [0.25, 0.3) is 0 Å². The maximum Gasteiger partial charge on any atom is 0.261 e. The summed E-state index contributed by atoms with van der Waals surface area (Å²) in [5, 5.41) is 2.81. The molecule has 0 atom stereocenters. The smallest absolute Gasteiger partial charge is 0.261 e. The first kappa shape index (κ1) is 22.2. The van der Waals surface area contributed by atoms with E-state index in [0.717, 1.165) is 0 Å². The zero-order valence-electron chi connectivity index (χ0n) is 15.3. The fraction of sp³-hybridized carbons (Fsp3) is 0.316. The van der Waals surface area contributed by atoms with Crippen molar-refractivity contribution in [2.45, 2.75) is 17.7 Å². The summed E-state index contributed by atoms with van der Waals surface area (Å²) in [7, 11) is -3.76. The molecule has 1 amide bonds. The number of anilines is 2. The summed E-state index contributed by atoms with van der Waals surface area (Å²) in [4.78, 5) is 12.8. The zero-order valence-corrected chi connectivity index (χ0v) is 16.9. The monoisotopic (exact) mass is 425 g/mol. The number of carbonyl (C=O) groups excluding carboxylic acids is 1. The third kappa shape index (κ3) is 5.02. The third-order valence-electron chi connectivity index (χ3n) is 4.75. The Bertz CT molecular complexity index is 900. The number of halogens is 1. The fourth-order valence-corrected chi connectivity index (χ4v) is 4.12. The fourth-order valence-electron chi connectivity index (χ4n) is 3.01. The van der Waals surface area contributed by atoms with Gasteiger partial charge in [-0.2, -0.15) is 0 Å². The van der Waals surface area contributed by atoms with Crippen LogP contribution in [0.15, 0.2) is 59.5 Å². The number of para-hydroxylation sites is 1. The van der Waals surface area contributed by atoms with Gasteiger partial charge >= 0.3 is 0 Å². The van der Waals surface area contributed by atoms with Gasteiger partial charge in [0.2, 0.25) is 5.91 Å². The standard InChI is InChI=1S/C19H23N3O4S.ClH/c20-14-19(9-11-26-12-10-19)18(23)21-16-7-4-8-17(13-16)27(24,25)22-15-5-2-1-3-6-15;/h1-8,13,22H,9-12,14,20H2,(H,21,23);1H. The summed E-state index contributed by atoms with van der Waals surface area (Å²) in [6.07, 6.45) is 1.09. The molecular formula is C19H24ClN3O4S. The minimum atomic E-state index is -3.76. The van der Waals surface area contributed by atoms with E-state index < -0.39 is 15.4 Å². The highest BCUT2D eigenvalue weighted by Crippen LogP contribution is 2.31. The van der Waals surface area contributed by atoms with Crippen molar-refractivity contribution in [2.24, 2.45) is 11.1 Å². The van der Waals surface area contributed by atoms with Crippen molar-refractivity contribution in [3.8, 4) is 0 Å². The van der Waals surface area contributed by atoms with Crippen LogP contribution < -0.4 is 15.8 Å². The highest BCUT2D eigenvalue weighted by Gasteiger charge is 2.38. The number of hydrogen-bond acceptors (Lipinski definition) is 5. The van der Waals surface area contributed by atoms with E-state index in [1.807, 2.05) is 0 Å². The van der Waals surface area contributed by atoms with Gasteiger partial charge in [0.15, 0.2) is 0 Å². The average molecular weight is 426 g/mol. The molecule has 0 spiro atoms. The van der Waals surface area contributed by atoms with Gasteiger partial charge in [0.25, 0.3) is 10.0 Å². The Balaban J connectivity index is 0.00000280. The Morgan fingerprint density at radius 2 is 1.68 bits per heavy atom. The van der Waals surface area contributed by atoms with Gasteiger partial charge in [-0.05, 0) is 43.2 Å². The summed E-state index contributed by atoms with van der Waals surface area (Å²) in [6.45, 7) is 1.19. The van der Waals surface area contributed by atoms with Crippen molar-refractivity contribution in [2.75, 3.05) is 29.8 Å². The summed E-state index contributed by atoms with van der Waals surface area (Å²) >= 11 is 0. The summed E-state index contributed by atoms with van der Waals surface area (Å²) in [5.41, 5.74) is 6.05. The van der Waals surface area contributed by atoms with Crippen LogP contribution in [-0.2, 0) is 19.6 Å². The number of rotatable bonds is 6. The van der Waals surface area contributed by atoms with Crippen molar-refractivity contribution >= 4 is 39.7 Å². The average Bonchev–Trinajstić information content (AvgIpc) is 2.69. The van der Waals surface area contributed by atoms with E-state index >= 15 is 0 Å². The second kappa shape index (κ2) is 9.38. The van der Waals surface area contributed by atoms with Crippen LogP contribution in [0.3, 0.4) is 0 Å². The Labute approximate surface area is 171 Å². The lowest BCUT2D eigenvalue weighted by Crippen LogP contribution is -2.46. The topological polar surface area (TPSA) is 111 Å². The number of hydrogen-bond donors (Lipinski definition) is 3. The number of nitrogens with two attached hydrogens (primary N) is 1. The molecule has 7 nitrogen and oxygen atoms in total. The van der Waals surface area contributed by atoms with Crippen molar-refractivity contribution < 1.29 is 17.9 Å². The first-order valence-corrected chi connectivity index (χ1v) is 10.2. The van der Waals surface area contributed by atoms with Crippen molar-refractivity contribution in [1.29, 1.82) is 0 Å². The van der Waals surface area contributed by atoms with Gasteiger partial charge in [0, 0.05) is 31.1 Å². The molecule has 1 aliphatic heterocycles. The number of ether oxygens (including phenoxy) is 1. The van der Waals surface area contributed by atoms with Crippen LogP contribution in [0.1, 0.15) is 12.8 Å². The normalized spacial score (nSPS) is 15.9. The minimum absolute atomic E-state index is 0. The maximum atomic E-state index is 12.8. The molecule has 28 heavy (non-hydrogen) atoms. The van der Waals surface area contributed by atoms with Crippen molar-refractivity contribution in [1.82, 2.24) is 0 Å². The first-order valence-electron chi connectivity index (χ1n) is 8.72. The molecule has 0 radical (unpaired) electrons. The second-order valence-electron chi connectivity index (χ2n) is 6.55. The predicted molar refractivity (Wildman–Crippen MR) is 111 cm³/mol. The Hall–Kier alpha value is -2.13. The Morgan fingerprint density at radius 1 is 1.04 bits per heavy atom. The van der Waals surface area contributed by atoms with Gasteiger partial charge in [-0.25, -0.2) is 8.42 Å². The molecule has 1 heterocycles. The molecule has 0 aromatic heterocycles. The van der Waals surface area contributed by atoms with E-state index in [1.54, 1.807) is 42.5 Å². The van der Waals surface area contributed by atoms with E-state index in [2.05, 4.69) is 10.0 Å². The Kier molecular flexibility index (Phi) is 7.42. The summed E-state index contributed by atoms with van der Waals surface area (Å²) < 4.78 is 33.0. The molecule has 3 rings (SSSR count). The lowest BCUT2D eigenvalue weighted by atomic mass is 9.79. The maximum absolute atomic E-state index is 12.8. The lowest BCUT2D eigenvalue weighted by Gasteiger charge is -2.34. The molecule has 0 bridgehead atoms. The van der Waals surface area contributed by atoms with E-state index in [4.69, 9.17) is 10.5 Å². The SMILES string of the molecule is Cl.NCC1(C(=O)Nc2cccc(S(=O)(=O)Nc3ccccc3)c2)CCOCC1. The van der Waals surface area contributed by atoms with Crippen LogP contribution in [-0.4, -0.2) is 34.1 Å². The molecular weight excluding hydrogens is 402 g/mol. The second-order valence-corrected chi connectivity index (χ2v) is 8.23. The predicted octanol–water partition coefficient (Wildman–Crippen LogP) is 2.60. The summed E-state index contributed by atoms with van der Waals surface area (Å²) in [6, 6.07) is 14.8. The van der Waals surface area contributed by atoms with Crippen LogP contribution >= 0.6 is 12.4 Å². The minimum Gasteiger partial charge on any atom is -0.381 e. The van der Waals surface area contributed by atoms with Gasteiger partial charge < -0.3 is 15.8 Å². The molecule has 9 heteroatoms. The molecule has 1 aliphatic rings. The highest BCUT2D eigenvalue weighted by molar-refractivity contribution is 7.92. The molecule has 4 N–H and O–H groups in total. The molecule has 152 valence electrons. The zero-order chi connectivity index (χ0) is 19.3. The van der Waals surface area contributed by atoms with E-state index in [0.29, 0.717) is 37.4 Å². The van der Waals surface area contributed by atoms with Gasteiger partial charge in [0.05, 0.1) is 10.3 Å². The molecule has 1 saturated heterocycles. The molecule has 0 saturated carbocycles. The van der Waals surface area contributed by atoms with Crippen molar-refractivity contribution in [3.63, 3.8) is 0 Å². The number of carbonyl (C=O) groups is 1. The molecule has 1 fully saturated rings. The number of amides is 1.